The van der Waals surface area contributed by atoms with Crippen molar-refractivity contribution in [3.63, 3.8) is 0 Å². The van der Waals surface area contributed by atoms with Crippen LogP contribution in [0, 0.1) is 0 Å². The molecule has 4 aliphatic heterocycles. The number of benzene rings is 4. The van der Waals surface area contributed by atoms with E-state index in [2.05, 4.69) is 21.3 Å². The largest absolute Gasteiger partial charge is 0.463 e. The van der Waals surface area contributed by atoms with Gasteiger partial charge in [-0.2, -0.15) is 0 Å². The van der Waals surface area contributed by atoms with Crippen LogP contribution < -0.4 is 30.7 Å². The molecule has 0 radical (unpaired) electrons. The molecule has 0 aliphatic carbocycles. The summed E-state index contributed by atoms with van der Waals surface area (Å²) in [5.41, 5.74) is 1.67. The maximum atomic E-state index is 14.3. The average Bonchev–Trinajstić information content (AvgIpc) is 0.763. The van der Waals surface area contributed by atoms with Crippen LogP contribution in [-0.2, 0) is 213 Å². The predicted octanol–water partition coefficient (Wildman–Crippen LogP) is 6.18. The van der Waals surface area contributed by atoms with Gasteiger partial charge in [-0.25, -0.2) is 0 Å². The number of unbranched alkanes of at least 4 members (excludes halogenated alkanes) is 7. The van der Waals surface area contributed by atoms with E-state index in [-0.39, 0.29) is 74.6 Å². The van der Waals surface area contributed by atoms with Crippen LogP contribution in [0.4, 0.5) is 11.4 Å². The summed E-state index contributed by atoms with van der Waals surface area (Å²) in [6.45, 7) is 11.3. The molecule has 148 heavy (non-hydrogen) atoms. The van der Waals surface area contributed by atoms with Crippen molar-refractivity contribution in [3.05, 3.63) is 120 Å². The topological polar surface area (TPSA) is 611 Å². The average molecular weight is 2090 g/mol. The van der Waals surface area contributed by atoms with E-state index in [0.29, 0.717) is 49.7 Å². The van der Waals surface area contributed by atoms with Gasteiger partial charge in [0, 0.05) is 134 Å². The molecule has 810 valence electrons. The maximum absolute atomic E-state index is 14.3. The van der Waals surface area contributed by atoms with Crippen LogP contribution in [0.3, 0.4) is 0 Å². The second-order valence-corrected chi connectivity index (χ2v) is 34.5. The molecule has 0 unspecified atom stereocenters. The number of carbonyl (C=O) groups excluding carboxylic acids is 20. The van der Waals surface area contributed by atoms with Gasteiger partial charge in [0.05, 0.1) is 0 Å². The first kappa shape index (κ1) is 119. The highest BCUT2D eigenvalue weighted by Crippen LogP contribution is 2.40. The standard InChI is InChI=1S/C100H126N4O44/c1-53(105)125-49-75-83(131-57(5)109)87(133-59(7)111)93(139-65(13)117)99(145-75)147-85-77(51-127-55(3)107)143-97(91(137-63(11)115)89(85)135-61(9)113)141-71-39-35-69(36-40-71)101-95(123)73(43-45-81(121)129-47-67-29-23-21-24-30-67)103-79(119)33-27-19-17-15-16-18-20-28-34-80(120)104-74(44-46-82(122)130-48-68-31-25-22-26-32-68)96(124)102-70-37-41-72(42-38-70)142-98-92(138-64(12)116)90(136-62(10)114)86(78(144-98)52-128-56(4)108)148-100-94(140-66(14)118)88(134-60(8)112)84(132-58(6)110)76(146-100)50-126-54(2)106/h21-26,29-32,35-42,73-78,83-94,97-100H,15-20,27-28,33-34,43-52H2,1-14H3,(H,101,123)(H,102,124)(H,103,119)(H,104,120)/t73-,74-,75+,76+,77+,78+,83+,84+,85+,86+,87-,88-,89-,90-,91+,92+,93+,94+,97+,98+,99-,100-/m0/s1. The molecule has 4 fully saturated rings. The minimum atomic E-state index is -1.95. The first-order valence-corrected chi connectivity index (χ1v) is 47.7. The van der Waals surface area contributed by atoms with E-state index in [9.17, 15) is 95.9 Å². The molecule has 8 rings (SSSR count). The predicted molar refractivity (Wildman–Crippen MR) is 499 cm³/mol. The van der Waals surface area contributed by atoms with Crippen molar-refractivity contribution in [2.45, 2.75) is 335 Å². The Hall–Kier alpha value is -14.4. The minimum Gasteiger partial charge on any atom is -0.463 e. The molecule has 4 amide bonds. The molecule has 22 atom stereocenters. The fourth-order valence-electron chi connectivity index (χ4n) is 15.9. The summed E-state index contributed by atoms with van der Waals surface area (Å²) >= 11 is 0. The summed E-state index contributed by atoms with van der Waals surface area (Å²) in [5, 5.41) is 11.0. The lowest BCUT2D eigenvalue weighted by Gasteiger charge is -2.48. The fraction of sp³-hybridized carbons (Fsp3) is 0.560. The molecule has 0 saturated carbocycles. The van der Waals surface area contributed by atoms with Crippen LogP contribution in [0.5, 0.6) is 11.5 Å². The van der Waals surface area contributed by atoms with Gasteiger partial charge in [0.25, 0.3) is 0 Å². The molecule has 48 nitrogen and oxygen atoms in total. The van der Waals surface area contributed by atoms with Gasteiger partial charge in [-0.15, -0.1) is 0 Å². The van der Waals surface area contributed by atoms with Crippen molar-refractivity contribution in [2.75, 3.05) is 37.1 Å². The molecular weight excluding hydrogens is 1960 g/mol. The number of carbonyl (C=O) groups is 20. The van der Waals surface area contributed by atoms with E-state index in [1.54, 1.807) is 60.7 Å². The van der Waals surface area contributed by atoms with Crippen LogP contribution in [0.25, 0.3) is 0 Å². The molecule has 0 aromatic heterocycles. The van der Waals surface area contributed by atoms with E-state index < -0.39 is 280 Å². The molecule has 0 bridgehead atoms. The summed E-state index contributed by atoms with van der Waals surface area (Å²) in [6, 6.07) is 26.0. The Bertz CT molecular complexity index is 4860. The Morgan fingerprint density at radius 3 is 0.777 bits per heavy atom. The van der Waals surface area contributed by atoms with E-state index >= 15 is 0 Å². The van der Waals surface area contributed by atoms with Gasteiger partial charge in [-0.3, -0.25) is 95.9 Å². The number of esters is 16. The normalized spacial score (nSPS) is 23.6. The Morgan fingerprint density at radius 1 is 0.257 bits per heavy atom. The quantitative estimate of drug-likeness (QED) is 0.0218. The third-order valence-electron chi connectivity index (χ3n) is 22.1. The van der Waals surface area contributed by atoms with Crippen LogP contribution in [-0.4, -0.2) is 280 Å². The summed E-state index contributed by atoms with van der Waals surface area (Å²) in [4.78, 5) is 260. The fourth-order valence-corrected chi connectivity index (χ4v) is 15.9. The third kappa shape index (κ3) is 40.8. The number of rotatable bonds is 53. The zero-order chi connectivity index (χ0) is 108. The molecule has 4 heterocycles. The van der Waals surface area contributed by atoms with E-state index in [0.717, 1.165) is 110 Å². The summed E-state index contributed by atoms with van der Waals surface area (Å²) in [7, 11) is 0. The SMILES string of the molecule is CC(=O)OC[C@H]1O[C@@H](O[C@H]2[C@H](OC(C)=O)[C@@H](OC(C)=O)[C@H](Oc3ccc(NC(=O)[C@H](CCC(=O)OCc4ccccc4)NC(=O)CCCCCCCCCCC(=O)N[C@@H](CCC(=O)OCc4ccccc4)C(=O)Nc4ccc(O[C@@H]5O[C@H](COC(C)=O)[C@@H](O[C@@H]6O[C@H](COC(C)=O)[C@@H](OC(C)=O)[C@H](OC(C)=O)[C@H]6OC(C)=O)[C@H](OC(C)=O)[C@H]5OC(C)=O)cc4)cc3)O[C@@H]2COC(C)=O)[C@H](OC(C)=O)[C@@H](OC(C)=O)[C@@H]1OC(C)=O. The number of ether oxygens (including phenoxy) is 24. The minimum absolute atomic E-state index is 0.0117. The molecule has 4 aromatic rings. The van der Waals surface area contributed by atoms with Crippen LogP contribution in [0.15, 0.2) is 109 Å². The lowest BCUT2D eigenvalue weighted by molar-refractivity contribution is -0.354. The first-order chi connectivity index (χ1) is 70.3. The van der Waals surface area contributed by atoms with Gasteiger partial charge < -0.3 is 135 Å². The molecular formula is C100H126N4O44. The van der Waals surface area contributed by atoms with E-state index in [4.69, 9.17) is 114 Å². The van der Waals surface area contributed by atoms with Crippen molar-refractivity contribution in [1.82, 2.24) is 10.6 Å². The Kier molecular flexibility index (Phi) is 48.2. The highest BCUT2D eigenvalue weighted by molar-refractivity contribution is 5.98. The van der Waals surface area contributed by atoms with Crippen molar-refractivity contribution < 1.29 is 210 Å². The zero-order valence-electron chi connectivity index (χ0n) is 84.2. The summed E-state index contributed by atoms with van der Waals surface area (Å²) in [6.07, 6.45) is -31.1. The lowest BCUT2D eigenvalue weighted by atomic mass is 9.96. The van der Waals surface area contributed by atoms with Gasteiger partial charge in [0.15, 0.2) is 61.4 Å². The second-order valence-electron chi connectivity index (χ2n) is 34.5. The van der Waals surface area contributed by atoms with Gasteiger partial charge >= 0.3 is 95.5 Å². The molecule has 4 N–H and O–H groups in total. The second kappa shape index (κ2) is 60.1. The molecule has 48 heteroatoms. The van der Waals surface area contributed by atoms with Crippen molar-refractivity contribution in [2.24, 2.45) is 0 Å². The zero-order valence-corrected chi connectivity index (χ0v) is 84.2. The number of amides is 4. The Morgan fingerprint density at radius 2 is 0.500 bits per heavy atom. The van der Waals surface area contributed by atoms with Crippen molar-refractivity contribution in [3.8, 4) is 11.5 Å². The van der Waals surface area contributed by atoms with E-state index in [1.807, 2.05) is 0 Å². The number of hydrogen-bond donors (Lipinski definition) is 4. The van der Waals surface area contributed by atoms with E-state index in [1.165, 1.54) is 48.5 Å². The first-order valence-electron chi connectivity index (χ1n) is 47.7. The Labute approximate surface area is 850 Å². The smallest absolute Gasteiger partial charge is 0.306 e. The Balaban J connectivity index is 0.881. The number of nitrogens with one attached hydrogen (secondary N) is 4. The van der Waals surface area contributed by atoms with Gasteiger partial charge in [-0.05, 0) is 85.3 Å². The van der Waals surface area contributed by atoms with Crippen LogP contribution in [0.1, 0.15) is 198 Å². The number of hydrogen-bond acceptors (Lipinski definition) is 44. The number of anilines is 2. The van der Waals surface area contributed by atoms with Gasteiger partial charge in [-0.1, -0.05) is 99.2 Å². The molecule has 4 saturated heterocycles. The van der Waals surface area contributed by atoms with Crippen molar-refractivity contribution in [1.29, 1.82) is 0 Å². The monoisotopic (exact) mass is 2090 g/mol. The van der Waals surface area contributed by atoms with Gasteiger partial charge in [0.2, 0.25) is 48.4 Å². The highest BCUT2D eigenvalue weighted by Gasteiger charge is 2.61. The summed E-state index contributed by atoms with van der Waals surface area (Å²) < 4.78 is 139. The molecule has 0 spiro atoms. The van der Waals surface area contributed by atoms with Crippen LogP contribution in [0.2, 0.25) is 0 Å². The van der Waals surface area contributed by atoms with Crippen LogP contribution >= 0.6 is 0 Å². The highest BCUT2D eigenvalue weighted by atomic mass is 16.8. The van der Waals surface area contributed by atoms with Crippen molar-refractivity contribution >= 4 is 131 Å². The third-order valence-corrected chi connectivity index (χ3v) is 22.1. The van der Waals surface area contributed by atoms with Gasteiger partial charge in [0.1, 0.15) is 99.8 Å². The lowest BCUT2D eigenvalue weighted by Crippen LogP contribution is -2.67. The molecule has 4 aromatic carbocycles. The maximum Gasteiger partial charge on any atom is 0.306 e. The summed E-state index contributed by atoms with van der Waals surface area (Å²) in [5.74, 6) is -17.1. The molecule has 4 aliphatic rings.